The van der Waals surface area contributed by atoms with Crippen molar-refractivity contribution in [1.29, 1.82) is 0 Å². The number of hydrogen-bond acceptors (Lipinski definition) is 3. The summed E-state index contributed by atoms with van der Waals surface area (Å²) in [6.45, 7) is 4.16. The molecular formula is C21H29N3O3S. The van der Waals surface area contributed by atoms with Gasteiger partial charge in [-0.25, -0.2) is 8.42 Å². The molecular weight excluding hydrogens is 374 g/mol. The molecule has 0 aliphatic heterocycles. The van der Waals surface area contributed by atoms with E-state index in [1.54, 1.807) is 30.3 Å². The Bertz CT molecular complexity index is 904. The molecule has 1 heterocycles. The van der Waals surface area contributed by atoms with E-state index in [1.165, 1.54) is 4.31 Å². The average Bonchev–Trinajstić information content (AvgIpc) is 3.46. The first kappa shape index (κ1) is 20.6. The zero-order valence-electron chi connectivity index (χ0n) is 16.8. The highest BCUT2D eigenvalue weighted by Crippen LogP contribution is 2.29. The van der Waals surface area contributed by atoms with E-state index in [1.807, 2.05) is 48.7 Å². The molecule has 3 rings (SSSR count). The summed E-state index contributed by atoms with van der Waals surface area (Å²) in [7, 11) is -1.78. The van der Waals surface area contributed by atoms with Crippen LogP contribution in [0.25, 0.3) is 0 Å². The summed E-state index contributed by atoms with van der Waals surface area (Å²) in [5.41, 5.74) is 1.04. The summed E-state index contributed by atoms with van der Waals surface area (Å²) in [6, 6.07) is 12.3. The van der Waals surface area contributed by atoms with Crippen molar-refractivity contribution in [2.75, 3.05) is 6.54 Å². The normalized spacial score (nSPS) is 15.6. The molecule has 0 spiro atoms. The van der Waals surface area contributed by atoms with E-state index in [0.717, 1.165) is 18.5 Å². The lowest BCUT2D eigenvalue weighted by Gasteiger charge is -2.30. The Morgan fingerprint density at radius 1 is 1.18 bits per heavy atom. The van der Waals surface area contributed by atoms with Gasteiger partial charge in [0, 0.05) is 31.0 Å². The molecule has 7 heteroatoms. The van der Waals surface area contributed by atoms with Gasteiger partial charge in [0.15, 0.2) is 0 Å². The number of nitrogens with zero attached hydrogens (tertiary/aromatic N) is 3. The first-order valence-corrected chi connectivity index (χ1v) is 11.2. The third kappa shape index (κ3) is 4.47. The number of amides is 1. The number of benzene rings is 1. The lowest BCUT2D eigenvalue weighted by atomic mass is 10.2. The van der Waals surface area contributed by atoms with Crippen molar-refractivity contribution in [2.45, 2.75) is 56.6 Å². The number of carbonyl (C=O) groups excluding carboxylic acids is 1. The topological polar surface area (TPSA) is 62.6 Å². The van der Waals surface area contributed by atoms with Crippen LogP contribution in [0.4, 0.5) is 0 Å². The average molecular weight is 404 g/mol. The third-order valence-electron chi connectivity index (χ3n) is 5.41. The molecule has 0 saturated heterocycles. The molecule has 1 aliphatic carbocycles. The molecule has 1 aliphatic rings. The van der Waals surface area contributed by atoms with E-state index in [-0.39, 0.29) is 29.4 Å². The largest absolute Gasteiger partial charge is 0.353 e. The van der Waals surface area contributed by atoms with Gasteiger partial charge in [0.05, 0.1) is 18.0 Å². The highest BCUT2D eigenvalue weighted by Gasteiger charge is 2.37. The Balaban J connectivity index is 1.83. The van der Waals surface area contributed by atoms with Crippen molar-refractivity contribution in [1.82, 2.24) is 13.8 Å². The summed E-state index contributed by atoms with van der Waals surface area (Å²) in [5.74, 6) is -0.136. The summed E-state index contributed by atoms with van der Waals surface area (Å²) >= 11 is 0. The van der Waals surface area contributed by atoms with Crippen LogP contribution < -0.4 is 0 Å². The Kier molecular flexibility index (Phi) is 6.25. The zero-order valence-corrected chi connectivity index (χ0v) is 17.6. The number of hydrogen-bond donors (Lipinski definition) is 0. The fraction of sp³-hybridized carbons (Fsp3) is 0.476. The number of carbonyl (C=O) groups is 1. The van der Waals surface area contributed by atoms with Gasteiger partial charge >= 0.3 is 0 Å². The van der Waals surface area contributed by atoms with Crippen molar-refractivity contribution in [3.63, 3.8) is 0 Å². The van der Waals surface area contributed by atoms with Crippen LogP contribution in [0.3, 0.4) is 0 Å². The van der Waals surface area contributed by atoms with Gasteiger partial charge in [0.25, 0.3) is 0 Å². The van der Waals surface area contributed by atoms with E-state index < -0.39 is 10.0 Å². The van der Waals surface area contributed by atoms with Crippen molar-refractivity contribution in [2.24, 2.45) is 7.05 Å². The zero-order chi connectivity index (χ0) is 20.3. The number of rotatable bonds is 9. The van der Waals surface area contributed by atoms with Crippen LogP contribution in [0.5, 0.6) is 0 Å². The second-order valence-corrected chi connectivity index (χ2v) is 9.37. The van der Waals surface area contributed by atoms with Gasteiger partial charge in [-0.3, -0.25) is 4.79 Å². The van der Waals surface area contributed by atoms with Crippen LogP contribution in [0.2, 0.25) is 0 Å². The van der Waals surface area contributed by atoms with Crippen molar-refractivity contribution in [3.8, 4) is 0 Å². The fourth-order valence-corrected chi connectivity index (χ4v) is 4.95. The molecule has 1 aromatic carbocycles. The monoisotopic (exact) mass is 403 g/mol. The fourth-order valence-electron chi connectivity index (χ4n) is 3.28. The third-order valence-corrected chi connectivity index (χ3v) is 7.39. The standard InChI is InChI=1S/C21H29N3O3S/c1-4-17(2)24(28(26,27)20-10-6-5-7-11-20)16-21(25)23(18-12-13-18)15-19-9-8-14-22(19)3/h5-11,14,17-18H,4,12-13,15-16H2,1-3H3/t17-/m0/s1. The molecule has 1 amide bonds. The highest BCUT2D eigenvalue weighted by atomic mass is 32.2. The second-order valence-electron chi connectivity index (χ2n) is 7.48. The molecule has 1 atom stereocenters. The van der Waals surface area contributed by atoms with E-state index in [2.05, 4.69) is 0 Å². The molecule has 28 heavy (non-hydrogen) atoms. The lowest BCUT2D eigenvalue weighted by molar-refractivity contribution is -0.133. The molecule has 1 aromatic heterocycles. The van der Waals surface area contributed by atoms with E-state index in [0.29, 0.717) is 13.0 Å². The van der Waals surface area contributed by atoms with Crippen LogP contribution in [-0.4, -0.2) is 46.7 Å². The maximum atomic E-state index is 13.2. The van der Waals surface area contributed by atoms with Crippen LogP contribution >= 0.6 is 0 Å². The van der Waals surface area contributed by atoms with Crippen molar-refractivity contribution < 1.29 is 13.2 Å². The SMILES string of the molecule is CC[C@H](C)N(CC(=O)N(Cc1cccn1C)C1CC1)S(=O)(=O)c1ccccc1. The summed E-state index contributed by atoms with van der Waals surface area (Å²) in [4.78, 5) is 15.2. The van der Waals surface area contributed by atoms with Gasteiger partial charge in [0.1, 0.15) is 0 Å². The first-order chi connectivity index (χ1) is 13.3. The quantitative estimate of drug-likeness (QED) is 0.647. The Morgan fingerprint density at radius 2 is 1.86 bits per heavy atom. The van der Waals surface area contributed by atoms with Crippen LogP contribution in [0, 0.1) is 0 Å². The molecule has 6 nitrogen and oxygen atoms in total. The molecule has 152 valence electrons. The summed E-state index contributed by atoms with van der Waals surface area (Å²) in [6.07, 6.45) is 4.55. The van der Waals surface area contributed by atoms with Crippen molar-refractivity contribution in [3.05, 3.63) is 54.4 Å². The first-order valence-electron chi connectivity index (χ1n) is 9.81. The predicted molar refractivity (Wildman–Crippen MR) is 109 cm³/mol. The van der Waals surface area contributed by atoms with Crippen LogP contribution in [0.15, 0.2) is 53.6 Å². The van der Waals surface area contributed by atoms with E-state index >= 15 is 0 Å². The minimum Gasteiger partial charge on any atom is -0.353 e. The molecule has 2 aromatic rings. The highest BCUT2D eigenvalue weighted by molar-refractivity contribution is 7.89. The lowest BCUT2D eigenvalue weighted by Crippen LogP contribution is -2.47. The van der Waals surface area contributed by atoms with Gasteiger partial charge in [0.2, 0.25) is 15.9 Å². The van der Waals surface area contributed by atoms with Gasteiger partial charge in [-0.1, -0.05) is 25.1 Å². The van der Waals surface area contributed by atoms with Gasteiger partial charge in [-0.05, 0) is 50.5 Å². The van der Waals surface area contributed by atoms with Gasteiger partial charge in [-0.15, -0.1) is 0 Å². The number of aryl methyl sites for hydroxylation is 1. The van der Waals surface area contributed by atoms with Crippen LogP contribution in [0.1, 0.15) is 38.8 Å². The maximum Gasteiger partial charge on any atom is 0.243 e. The van der Waals surface area contributed by atoms with Gasteiger partial charge in [-0.2, -0.15) is 4.31 Å². The van der Waals surface area contributed by atoms with Gasteiger partial charge < -0.3 is 9.47 Å². The molecule has 0 radical (unpaired) electrons. The van der Waals surface area contributed by atoms with Crippen molar-refractivity contribution >= 4 is 15.9 Å². The molecule has 0 bridgehead atoms. The number of sulfonamides is 1. The predicted octanol–water partition coefficient (Wildman–Crippen LogP) is 3.01. The van der Waals surface area contributed by atoms with E-state index in [4.69, 9.17) is 0 Å². The Morgan fingerprint density at radius 3 is 2.39 bits per heavy atom. The minimum atomic E-state index is -3.74. The summed E-state index contributed by atoms with van der Waals surface area (Å²) in [5, 5.41) is 0. The molecule has 0 N–H and O–H groups in total. The molecule has 0 unspecified atom stereocenters. The Hall–Kier alpha value is -2.12. The minimum absolute atomic E-state index is 0.132. The second kappa shape index (κ2) is 8.49. The Labute approximate surface area is 167 Å². The molecule has 1 saturated carbocycles. The molecule has 1 fully saturated rings. The maximum absolute atomic E-state index is 13.2. The number of aromatic nitrogens is 1. The smallest absolute Gasteiger partial charge is 0.243 e. The van der Waals surface area contributed by atoms with E-state index in [9.17, 15) is 13.2 Å². The van der Waals surface area contributed by atoms with Crippen LogP contribution in [-0.2, 0) is 28.4 Å². The summed E-state index contributed by atoms with van der Waals surface area (Å²) < 4.78 is 29.7.